The van der Waals surface area contributed by atoms with Crippen molar-refractivity contribution in [2.45, 2.75) is 51.1 Å². The molecule has 1 saturated carbocycles. The Morgan fingerprint density at radius 1 is 1.23 bits per heavy atom. The van der Waals surface area contributed by atoms with E-state index in [9.17, 15) is 4.79 Å². The van der Waals surface area contributed by atoms with Gasteiger partial charge in [-0.1, -0.05) is 12.1 Å². The Kier molecular flexibility index (Phi) is 4.67. The first-order valence-corrected chi connectivity index (χ1v) is 8.39. The van der Waals surface area contributed by atoms with Crippen LogP contribution in [0, 0.1) is 6.92 Å². The molecule has 2 atom stereocenters. The maximum Gasteiger partial charge on any atom is 0.255 e. The highest BCUT2D eigenvalue weighted by atomic mass is 16.5. The molecule has 1 saturated heterocycles. The highest BCUT2D eigenvalue weighted by Crippen LogP contribution is 2.28. The number of carbonyl (C=O) groups excluding carboxylic acids is 1. The van der Waals surface area contributed by atoms with E-state index in [4.69, 9.17) is 4.74 Å². The fraction of sp³-hybridized carbons (Fsp3) is 0.611. The van der Waals surface area contributed by atoms with Gasteiger partial charge in [-0.25, -0.2) is 0 Å². The topological polar surface area (TPSA) is 41.6 Å². The zero-order valence-electron chi connectivity index (χ0n) is 13.6. The number of amides is 1. The predicted molar refractivity (Wildman–Crippen MR) is 87.4 cm³/mol. The zero-order chi connectivity index (χ0) is 15.5. The lowest BCUT2D eigenvalue weighted by Gasteiger charge is -2.30. The zero-order valence-corrected chi connectivity index (χ0v) is 13.6. The normalized spacial score (nSPS) is 25.4. The summed E-state index contributed by atoms with van der Waals surface area (Å²) in [5.74, 6) is 0.666. The fourth-order valence-corrected chi connectivity index (χ4v) is 3.96. The van der Waals surface area contributed by atoms with Gasteiger partial charge < -0.3 is 10.1 Å². The standard InChI is InChI=1S/C18H26N2O2/c1-13-7-5-10-16(22-2)17(13)18(21)19-14-8-6-9-15(14)20-11-3-4-12-20/h5,7,10,14-15H,3-4,6,8-9,11-12H2,1-2H3,(H,19,21)/t14-,15+/m0/s1. The highest BCUT2D eigenvalue weighted by Gasteiger charge is 2.34. The Bertz CT molecular complexity index is 538. The molecule has 1 heterocycles. The summed E-state index contributed by atoms with van der Waals surface area (Å²) in [7, 11) is 1.62. The van der Waals surface area contributed by atoms with Gasteiger partial charge in [0.2, 0.25) is 0 Å². The summed E-state index contributed by atoms with van der Waals surface area (Å²) in [6.45, 7) is 4.33. The molecule has 1 aromatic rings. The van der Waals surface area contributed by atoms with Gasteiger partial charge in [-0.2, -0.15) is 0 Å². The lowest BCUT2D eigenvalue weighted by atomic mass is 10.1. The van der Waals surface area contributed by atoms with Crippen molar-refractivity contribution in [3.63, 3.8) is 0 Å². The molecule has 1 amide bonds. The van der Waals surface area contributed by atoms with Gasteiger partial charge in [0, 0.05) is 12.1 Å². The van der Waals surface area contributed by atoms with Crippen molar-refractivity contribution in [1.29, 1.82) is 0 Å². The second-order valence-electron chi connectivity index (χ2n) is 6.47. The molecule has 1 aliphatic carbocycles. The van der Waals surface area contributed by atoms with Crippen LogP contribution in [0.25, 0.3) is 0 Å². The summed E-state index contributed by atoms with van der Waals surface area (Å²) in [6, 6.07) is 6.53. The molecule has 1 N–H and O–H groups in total. The van der Waals surface area contributed by atoms with Crippen molar-refractivity contribution in [3.8, 4) is 5.75 Å². The molecule has 1 aliphatic heterocycles. The van der Waals surface area contributed by atoms with Crippen LogP contribution in [0.1, 0.15) is 48.0 Å². The minimum atomic E-state index is 0.00560. The Labute approximate surface area is 132 Å². The van der Waals surface area contributed by atoms with Crippen LogP contribution >= 0.6 is 0 Å². The number of aryl methyl sites for hydroxylation is 1. The summed E-state index contributed by atoms with van der Waals surface area (Å²) in [6.07, 6.45) is 6.08. The molecule has 4 heteroatoms. The number of ether oxygens (including phenoxy) is 1. The van der Waals surface area contributed by atoms with Crippen molar-refractivity contribution in [2.75, 3.05) is 20.2 Å². The van der Waals surface area contributed by atoms with Crippen LogP contribution < -0.4 is 10.1 Å². The van der Waals surface area contributed by atoms with Gasteiger partial charge in [0.25, 0.3) is 5.91 Å². The predicted octanol–water partition coefficient (Wildman–Crippen LogP) is 2.75. The van der Waals surface area contributed by atoms with Crippen LogP contribution in [0.15, 0.2) is 18.2 Å². The molecule has 0 radical (unpaired) electrons. The van der Waals surface area contributed by atoms with Crippen LogP contribution in [-0.4, -0.2) is 43.1 Å². The number of nitrogens with zero attached hydrogens (tertiary/aromatic N) is 1. The minimum absolute atomic E-state index is 0.00560. The Balaban J connectivity index is 1.73. The second kappa shape index (κ2) is 6.69. The molecule has 3 rings (SSSR count). The number of hydrogen-bond donors (Lipinski definition) is 1. The van der Waals surface area contributed by atoms with E-state index in [1.807, 2.05) is 25.1 Å². The van der Waals surface area contributed by atoms with E-state index in [0.29, 0.717) is 17.4 Å². The van der Waals surface area contributed by atoms with Gasteiger partial charge >= 0.3 is 0 Å². The first-order valence-electron chi connectivity index (χ1n) is 8.39. The van der Waals surface area contributed by atoms with E-state index in [0.717, 1.165) is 12.0 Å². The molecule has 22 heavy (non-hydrogen) atoms. The van der Waals surface area contributed by atoms with Gasteiger partial charge in [-0.15, -0.1) is 0 Å². The second-order valence-corrected chi connectivity index (χ2v) is 6.47. The van der Waals surface area contributed by atoms with Crippen LogP contribution in [-0.2, 0) is 0 Å². The number of rotatable bonds is 4. The molecule has 2 aliphatic rings. The number of methoxy groups -OCH3 is 1. The Morgan fingerprint density at radius 2 is 2.00 bits per heavy atom. The summed E-state index contributed by atoms with van der Waals surface area (Å²) >= 11 is 0. The van der Waals surface area contributed by atoms with E-state index in [2.05, 4.69) is 10.2 Å². The average Bonchev–Trinajstić information content (AvgIpc) is 3.17. The van der Waals surface area contributed by atoms with Crippen molar-refractivity contribution in [1.82, 2.24) is 10.2 Å². The van der Waals surface area contributed by atoms with Crippen LogP contribution in [0.2, 0.25) is 0 Å². The van der Waals surface area contributed by atoms with E-state index in [1.54, 1.807) is 7.11 Å². The molecule has 0 aromatic heterocycles. The third-order valence-corrected chi connectivity index (χ3v) is 5.09. The first-order chi connectivity index (χ1) is 10.7. The molecule has 4 nitrogen and oxygen atoms in total. The van der Waals surface area contributed by atoms with Gasteiger partial charge in [0.05, 0.1) is 12.7 Å². The SMILES string of the molecule is COc1cccc(C)c1C(=O)N[C@H]1CCC[C@H]1N1CCCC1. The molecular formula is C18H26N2O2. The summed E-state index contributed by atoms with van der Waals surface area (Å²) in [5.41, 5.74) is 1.64. The van der Waals surface area contributed by atoms with Crippen molar-refractivity contribution < 1.29 is 9.53 Å². The third-order valence-electron chi connectivity index (χ3n) is 5.09. The van der Waals surface area contributed by atoms with Gasteiger partial charge in [-0.05, 0) is 63.7 Å². The fourth-order valence-electron chi connectivity index (χ4n) is 3.96. The molecular weight excluding hydrogens is 276 g/mol. The van der Waals surface area contributed by atoms with Crippen LogP contribution in [0.3, 0.4) is 0 Å². The van der Waals surface area contributed by atoms with Crippen molar-refractivity contribution in [3.05, 3.63) is 29.3 Å². The number of likely N-dealkylation sites (tertiary alicyclic amines) is 1. The number of nitrogens with one attached hydrogen (secondary N) is 1. The quantitative estimate of drug-likeness (QED) is 0.930. The monoisotopic (exact) mass is 302 g/mol. The van der Waals surface area contributed by atoms with Gasteiger partial charge in [-0.3, -0.25) is 9.69 Å². The molecule has 1 aromatic carbocycles. The number of benzene rings is 1. The summed E-state index contributed by atoms with van der Waals surface area (Å²) in [5, 5.41) is 3.28. The van der Waals surface area contributed by atoms with Gasteiger partial charge in [0.15, 0.2) is 0 Å². The largest absolute Gasteiger partial charge is 0.496 e. The van der Waals surface area contributed by atoms with E-state index in [-0.39, 0.29) is 11.9 Å². The first kappa shape index (κ1) is 15.3. The maximum atomic E-state index is 12.8. The maximum absolute atomic E-state index is 12.8. The van der Waals surface area contributed by atoms with Crippen molar-refractivity contribution >= 4 is 5.91 Å². The van der Waals surface area contributed by atoms with E-state index in [1.165, 1.54) is 38.8 Å². The average molecular weight is 302 g/mol. The lowest BCUT2D eigenvalue weighted by Crippen LogP contribution is -2.47. The molecule has 120 valence electrons. The van der Waals surface area contributed by atoms with Crippen LogP contribution in [0.4, 0.5) is 0 Å². The Morgan fingerprint density at radius 3 is 2.73 bits per heavy atom. The lowest BCUT2D eigenvalue weighted by molar-refractivity contribution is 0.0908. The number of carbonyl (C=O) groups is 1. The molecule has 2 fully saturated rings. The van der Waals surface area contributed by atoms with E-state index >= 15 is 0 Å². The highest BCUT2D eigenvalue weighted by molar-refractivity contribution is 5.98. The molecule has 0 unspecified atom stereocenters. The van der Waals surface area contributed by atoms with Crippen molar-refractivity contribution in [2.24, 2.45) is 0 Å². The number of hydrogen-bond acceptors (Lipinski definition) is 3. The summed E-state index contributed by atoms with van der Waals surface area (Å²) < 4.78 is 5.37. The minimum Gasteiger partial charge on any atom is -0.496 e. The van der Waals surface area contributed by atoms with Crippen LogP contribution in [0.5, 0.6) is 5.75 Å². The summed E-state index contributed by atoms with van der Waals surface area (Å²) in [4.78, 5) is 15.3. The molecule has 0 bridgehead atoms. The van der Waals surface area contributed by atoms with Gasteiger partial charge in [0.1, 0.15) is 5.75 Å². The smallest absolute Gasteiger partial charge is 0.255 e. The third kappa shape index (κ3) is 2.98. The van der Waals surface area contributed by atoms with E-state index < -0.39 is 0 Å². The Hall–Kier alpha value is -1.55. The molecule has 0 spiro atoms.